The first-order valence-corrected chi connectivity index (χ1v) is 9.03. The Balaban J connectivity index is 2.11. The topological polar surface area (TPSA) is 54.1 Å². The Morgan fingerprint density at radius 1 is 1.00 bits per heavy atom. The smallest absolute Gasteiger partial charge is 0.405 e. The van der Waals surface area contributed by atoms with E-state index in [4.69, 9.17) is 0 Å². The average Bonchev–Trinajstić information content (AvgIpc) is 3.12. The number of alkyl halides is 6. The summed E-state index contributed by atoms with van der Waals surface area (Å²) in [6, 6.07) is 10.8. The van der Waals surface area contributed by atoms with Gasteiger partial charge in [0.2, 0.25) is 0 Å². The third kappa shape index (κ3) is 5.19. The molecule has 0 saturated heterocycles. The molecule has 1 heterocycles. The van der Waals surface area contributed by atoms with Crippen LogP contribution < -0.4 is 10.1 Å². The SMILES string of the molecule is CCNC(=O)c1cc(-c2ccc(C(F)(F)F)cc2)[nH]c1-c1ccccc1OC(F)(F)F. The van der Waals surface area contributed by atoms with E-state index < -0.39 is 29.8 Å². The van der Waals surface area contributed by atoms with Gasteiger partial charge < -0.3 is 15.0 Å². The highest BCUT2D eigenvalue weighted by Gasteiger charge is 2.33. The largest absolute Gasteiger partial charge is 0.573 e. The van der Waals surface area contributed by atoms with Gasteiger partial charge in [-0.3, -0.25) is 4.79 Å². The number of hydrogen-bond acceptors (Lipinski definition) is 2. The molecule has 0 atom stereocenters. The van der Waals surface area contributed by atoms with Gasteiger partial charge in [-0.05, 0) is 42.8 Å². The third-order valence-corrected chi connectivity index (χ3v) is 4.30. The predicted molar refractivity (Wildman–Crippen MR) is 101 cm³/mol. The fourth-order valence-electron chi connectivity index (χ4n) is 2.98. The van der Waals surface area contributed by atoms with Crippen LogP contribution in [0.15, 0.2) is 54.6 Å². The number of rotatable bonds is 5. The van der Waals surface area contributed by atoms with Crippen molar-refractivity contribution in [2.75, 3.05) is 6.54 Å². The monoisotopic (exact) mass is 442 g/mol. The van der Waals surface area contributed by atoms with Crippen LogP contribution in [0.5, 0.6) is 5.75 Å². The highest BCUT2D eigenvalue weighted by molar-refractivity contribution is 6.02. The van der Waals surface area contributed by atoms with Crippen LogP contribution in [0, 0.1) is 0 Å². The summed E-state index contributed by atoms with van der Waals surface area (Å²) in [6.45, 7) is 1.93. The van der Waals surface area contributed by atoms with Crippen LogP contribution in [0.1, 0.15) is 22.8 Å². The molecule has 0 bridgehead atoms. The lowest BCUT2D eigenvalue weighted by molar-refractivity contribution is -0.274. The van der Waals surface area contributed by atoms with Gasteiger partial charge >= 0.3 is 12.5 Å². The average molecular weight is 442 g/mol. The molecule has 0 spiro atoms. The van der Waals surface area contributed by atoms with Crippen molar-refractivity contribution in [1.29, 1.82) is 0 Å². The molecule has 0 saturated carbocycles. The molecule has 2 aromatic carbocycles. The maximum atomic E-state index is 12.8. The summed E-state index contributed by atoms with van der Waals surface area (Å²) in [7, 11) is 0. The fourth-order valence-corrected chi connectivity index (χ4v) is 2.98. The Hall–Kier alpha value is -3.43. The Bertz CT molecular complexity index is 1070. The zero-order valence-corrected chi connectivity index (χ0v) is 16.0. The van der Waals surface area contributed by atoms with Gasteiger partial charge in [0, 0.05) is 17.8 Å². The Morgan fingerprint density at radius 2 is 1.65 bits per heavy atom. The number of carbonyl (C=O) groups excluding carboxylic acids is 1. The minimum atomic E-state index is -4.95. The van der Waals surface area contributed by atoms with E-state index in [1.165, 1.54) is 36.4 Å². The Kier molecular flexibility index (Phi) is 6.01. The lowest BCUT2D eigenvalue weighted by Crippen LogP contribution is -2.23. The first-order chi connectivity index (χ1) is 14.5. The summed E-state index contributed by atoms with van der Waals surface area (Å²) >= 11 is 0. The number of para-hydroxylation sites is 1. The van der Waals surface area contributed by atoms with Gasteiger partial charge in [0.25, 0.3) is 5.91 Å². The van der Waals surface area contributed by atoms with Gasteiger partial charge in [0.15, 0.2) is 0 Å². The predicted octanol–water partition coefficient (Wildman–Crippen LogP) is 6.02. The van der Waals surface area contributed by atoms with E-state index in [0.29, 0.717) is 5.56 Å². The highest BCUT2D eigenvalue weighted by atomic mass is 19.4. The second-order valence-corrected chi connectivity index (χ2v) is 6.45. The normalized spacial score (nSPS) is 12.0. The van der Waals surface area contributed by atoms with E-state index in [1.807, 2.05) is 0 Å². The molecule has 0 aliphatic carbocycles. The molecule has 2 N–H and O–H groups in total. The summed E-state index contributed by atoms with van der Waals surface area (Å²) in [6.07, 6.45) is -9.47. The van der Waals surface area contributed by atoms with Gasteiger partial charge in [0.1, 0.15) is 5.75 Å². The van der Waals surface area contributed by atoms with E-state index in [1.54, 1.807) is 6.92 Å². The molecule has 0 aliphatic heterocycles. The van der Waals surface area contributed by atoms with Gasteiger partial charge in [-0.15, -0.1) is 13.2 Å². The lowest BCUT2D eigenvalue weighted by atomic mass is 10.1. The minimum Gasteiger partial charge on any atom is -0.405 e. The van der Waals surface area contributed by atoms with Crippen LogP contribution >= 0.6 is 0 Å². The Labute approximate surface area is 172 Å². The number of amides is 1. The molecule has 0 aliphatic rings. The second-order valence-electron chi connectivity index (χ2n) is 6.45. The lowest BCUT2D eigenvalue weighted by Gasteiger charge is -2.13. The van der Waals surface area contributed by atoms with Crippen LogP contribution in [0.4, 0.5) is 26.3 Å². The van der Waals surface area contributed by atoms with Gasteiger partial charge in [-0.1, -0.05) is 24.3 Å². The van der Waals surface area contributed by atoms with Crippen LogP contribution in [-0.2, 0) is 6.18 Å². The molecule has 164 valence electrons. The third-order valence-electron chi connectivity index (χ3n) is 4.30. The van der Waals surface area contributed by atoms with Crippen LogP contribution in [0.3, 0.4) is 0 Å². The fraction of sp³-hybridized carbons (Fsp3) is 0.190. The maximum Gasteiger partial charge on any atom is 0.573 e. The number of aromatic nitrogens is 1. The number of benzene rings is 2. The molecule has 3 aromatic rings. The molecule has 1 amide bonds. The molecule has 31 heavy (non-hydrogen) atoms. The molecule has 10 heteroatoms. The van der Waals surface area contributed by atoms with Crippen molar-refractivity contribution in [2.45, 2.75) is 19.5 Å². The molecule has 0 fully saturated rings. The molecule has 0 radical (unpaired) electrons. The highest BCUT2D eigenvalue weighted by Crippen LogP contribution is 2.37. The summed E-state index contributed by atoms with van der Waals surface area (Å²) in [5.74, 6) is -1.09. The molecular formula is C21H16F6N2O2. The summed E-state index contributed by atoms with van der Waals surface area (Å²) < 4.78 is 81.0. The van der Waals surface area contributed by atoms with Crippen molar-refractivity contribution in [2.24, 2.45) is 0 Å². The quantitative estimate of drug-likeness (QED) is 0.475. The van der Waals surface area contributed by atoms with Gasteiger partial charge in [-0.25, -0.2) is 0 Å². The van der Waals surface area contributed by atoms with Gasteiger partial charge in [-0.2, -0.15) is 13.2 Å². The number of nitrogens with one attached hydrogen (secondary N) is 2. The van der Waals surface area contributed by atoms with Crippen LogP contribution in [0.2, 0.25) is 0 Å². The van der Waals surface area contributed by atoms with Crippen molar-refractivity contribution in [3.8, 4) is 28.3 Å². The summed E-state index contributed by atoms with van der Waals surface area (Å²) in [4.78, 5) is 15.4. The van der Waals surface area contributed by atoms with Gasteiger partial charge in [0.05, 0.1) is 16.8 Å². The summed E-state index contributed by atoms with van der Waals surface area (Å²) in [5, 5.41) is 2.56. The number of aromatic amines is 1. The zero-order chi connectivity index (χ0) is 22.8. The standard InChI is InChI=1S/C21H16F6N2O2/c1-2-28-19(30)15-11-16(12-7-9-13(10-8-12)20(22,23)24)29-18(15)14-5-3-4-6-17(14)31-21(25,26)27/h3-11,29H,2H2,1H3,(H,28,30). The first-order valence-electron chi connectivity index (χ1n) is 9.03. The molecule has 1 aromatic heterocycles. The van der Waals surface area contributed by atoms with Crippen LogP contribution in [-0.4, -0.2) is 23.8 Å². The van der Waals surface area contributed by atoms with E-state index in [0.717, 1.165) is 18.2 Å². The number of carbonyl (C=O) groups is 1. The number of halogens is 6. The molecule has 4 nitrogen and oxygen atoms in total. The van der Waals surface area contributed by atoms with E-state index >= 15 is 0 Å². The van der Waals surface area contributed by atoms with Crippen molar-refractivity contribution >= 4 is 5.91 Å². The van der Waals surface area contributed by atoms with E-state index in [9.17, 15) is 31.1 Å². The van der Waals surface area contributed by atoms with Crippen molar-refractivity contribution in [3.63, 3.8) is 0 Å². The minimum absolute atomic E-state index is 0.0231. The maximum absolute atomic E-state index is 12.8. The number of H-pyrrole nitrogens is 1. The number of ether oxygens (including phenoxy) is 1. The first kappa shape index (κ1) is 22.3. The van der Waals surface area contributed by atoms with E-state index in [-0.39, 0.29) is 29.1 Å². The van der Waals surface area contributed by atoms with Crippen molar-refractivity contribution < 1.29 is 35.9 Å². The number of hydrogen-bond donors (Lipinski definition) is 2. The Morgan fingerprint density at radius 3 is 2.23 bits per heavy atom. The molecule has 3 rings (SSSR count). The van der Waals surface area contributed by atoms with E-state index in [2.05, 4.69) is 15.0 Å². The second kappa shape index (κ2) is 8.37. The van der Waals surface area contributed by atoms with Crippen LogP contribution in [0.25, 0.3) is 22.5 Å². The zero-order valence-electron chi connectivity index (χ0n) is 16.0. The molecule has 0 unspecified atom stereocenters. The summed E-state index contributed by atoms with van der Waals surface area (Å²) in [5.41, 5.74) is -0.239. The van der Waals surface area contributed by atoms with Crippen molar-refractivity contribution in [1.82, 2.24) is 10.3 Å². The van der Waals surface area contributed by atoms with Crippen molar-refractivity contribution in [3.05, 3.63) is 65.7 Å². The molecular weight excluding hydrogens is 426 g/mol.